The zero-order chi connectivity index (χ0) is 34.6. The Morgan fingerprint density at radius 1 is 0.880 bits per heavy atom. The molecule has 0 N–H and O–H groups in total. The van der Waals surface area contributed by atoms with Crippen molar-refractivity contribution in [2.75, 3.05) is 0 Å². The molecule has 0 spiro atoms. The van der Waals surface area contributed by atoms with Gasteiger partial charge >= 0.3 is 21.1 Å². The summed E-state index contributed by atoms with van der Waals surface area (Å²) in [6.07, 6.45) is 6.69. The number of allylic oxidation sites excluding steroid dienone is 2. The van der Waals surface area contributed by atoms with Gasteiger partial charge in [-0.3, -0.25) is 4.68 Å². The van der Waals surface area contributed by atoms with Crippen LogP contribution < -0.4 is 4.74 Å². The van der Waals surface area contributed by atoms with Gasteiger partial charge in [-0.15, -0.1) is 35.7 Å². The van der Waals surface area contributed by atoms with E-state index in [0.717, 1.165) is 39.7 Å². The Morgan fingerprint density at radius 2 is 1.64 bits per heavy atom. The zero-order valence-corrected chi connectivity index (χ0v) is 33.0. The number of nitrogens with zero attached hydrogens (tertiary/aromatic N) is 4. The van der Waals surface area contributed by atoms with E-state index in [1.807, 2.05) is 24.4 Å². The van der Waals surface area contributed by atoms with Crippen LogP contribution in [-0.2, 0) is 26.5 Å². The Kier molecular flexibility index (Phi) is 10.0. The molecule has 0 radical (unpaired) electrons. The van der Waals surface area contributed by atoms with Crippen molar-refractivity contribution in [3.63, 3.8) is 0 Å². The molecule has 6 heteroatoms. The molecule has 0 saturated carbocycles. The molecule has 0 amide bonds. The quantitative estimate of drug-likeness (QED) is 0.119. The van der Waals surface area contributed by atoms with E-state index in [9.17, 15) is 0 Å². The number of pyridine rings is 1. The van der Waals surface area contributed by atoms with Crippen molar-refractivity contribution in [3.05, 3.63) is 119 Å². The normalized spacial score (nSPS) is 16.7. The van der Waals surface area contributed by atoms with Gasteiger partial charge in [0.1, 0.15) is 5.82 Å². The zero-order valence-electron chi connectivity index (χ0n) is 30.7. The second-order valence-electron chi connectivity index (χ2n) is 15.5. The fourth-order valence-electron chi connectivity index (χ4n) is 7.69. The summed E-state index contributed by atoms with van der Waals surface area (Å²) < 4.78 is 10.9. The topological polar surface area (TPSA) is 44.9 Å². The van der Waals surface area contributed by atoms with Crippen molar-refractivity contribution in [2.45, 2.75) is 98.3 Å². The van der Waals surface area contributed by atoms with Crippen molar-refractivity contribution >= 4 is 21.8 Å². The first-order valence-electron chi connectivity index (χ1n) is 17.8. The first-order chi connectivity index (χ1) is 23.4. The van der Waals surface area contributed by atoms with Crippen LogP contribution in [0.1, 0.15) is 115 Å². The largest absolute Gasteiger partial charge is 2.00 e. The molecule has 6 aromatic rings. The molecule has 3 aromatic heterocycles. The predicted octanol–water partition coefficient (Wildman–Crippen LogP) is 11.8. The third-order valence-corrected chi connectivity index (χ3v) is 10.1. The third kappa shape index (κ3) is 6.50. The minimum Gasteiger partial charge on any atom is -0.509 e. The van der Waals surface area contributed by atoms with E-state index in [-0.39, 0.29) is 32.4 Å². The van der Waals surface area contributed by atoms with E-state index in [0.29, 0.717) is 29.3 Å². The molecule has 0 saturated heterocycles. The Labute approximate surface area is 312 Å². The van der Waals surface area contributed by atoms with Gasteiger partial charge in [-0.1, -0.05) is 90.8 Å². The summed E-state index contributed by atoms with van der Waals surface area (Å²) in [5, 5.41) is 7.58. The van der Waals surface area contributed by atoms with Gasteiger partial charge in [0.15, 0.2) is 0 Å². The van der Waals surface area contributed by atoms with Gasteiger partial charge in [0.25, 0.3) is 0 Å². The summed E-state index contributed by atoms with van der Waals surface area (Å²) in [4.78, 5) is 4.82. The monoisotopic (exact) mass is 843 g/mol. The molecule has 0 bridgehead atoms. The third-order valence-electron chi connectivity index (χ3n) is 10.1. The minimum atomic E-state index is 0. The van der Waals surface area contributed by atoms with Crippen LogP contribution >= 0.6 is 0 Å². The Balaban J connectivity index is 0.00000432. The number of fused-ring (bicyclic) bond motifs is 3. The van der Waals surface area contributed by atoms with Crippen molar-refractivity contribution in [1.29, 1.82) is 0 Å². The van der Waals surface area contributed by atoms with Gasteiger partial charge in [0.2, 0.25) is 0 Å². The van der Waals surface area contributed by atoms with E-state index >= 15 is 0 Å². The molecule has 3 aromatic carbocycles. The van der Waals surface area contributed by atoms with E-state index < -0.39 is 0 Å². The fraction of sp³-hybridized carbons (Fsp3) is 0.364. The van der Waals surface area contributed by atoms with Crippen LogP contribution in [0.3, 0.4) is 0 Å². The van der Waals surface area contributed by atoms with Crippen molar-refractivity contribution in [1.82, 2.24) is 19.3 Å². The number of rotatable bonds is 7. The molecular formula is C44H48N4OPt. The molecule has 50 heavy (non-hydrogen) atoms. The van der Waals surface area contributed by atoms with Gasteiger partial charge in [0, 0.05) is 40.4 Å². The van der Waals surface area contributed by atoms with Crippen molar-refractivity contribution < 1.29 is 25.8 Å². The van der Waals surface area contributed by atoms with Gasteiger partial charge in [-0.05, 0) is 77.8 Å². The van der Waals surface area contributed by atoms with Crippen molar-refractivity contribution in [3.8, 4) is 23.0 Å². The Hall–Kier alpha value is -3.95. The summed E-state index contributed by atoms with van der Waals surface area (Å²) in [5.41, 5.74) is 9.46. The van der Waals surface area contributed by atoms with Crippen LogP contribution in [0.15, 0.2) is 84.6 Å². The first kappa shape index (κ1) is 35.9. The summed E-state index contributed by atoms with van der Waals surface area (Å²) in [7, 11) is 0. The molecule has 3 heterocycles. The summed E-state index contributed by atoms with van der Waals surface area (Å²) in [6, 6.07) is 30.2. The molecule has 1 aliphatic carbocycles. The average Bonchev–Trinajstić information content (AvgIpc) is 3.61. The molecule has 1 aliphatic rings. The fourth-order valence-corrected chi connectivity index (χ4v) is 7.69. The molecule has 1 unspecified atom stereocenters. The summed E-state index contributed by atoms with van der Waals surface area (Å²) in [5.74, 6) is 3.67. The predicted molar refractivity (Wildman–Crippen MR) is 202 cm³/mol. The number of aromatic nitrogens is 4. The average molecular weight is 844 g/mol. The SMILES string of the molecule is CC1=CCC[C@H](C)C1c1c(C(C)C)nn(-c2[c-]c(Oc3[c-]c4c(cc3)c3ccccc3n4-c3cc(C(C)(C)C)ccn3)ccc2)c1C(C)C.[Pt+2]. The second-order valence-corrected chi connectivity index (χ2v) is 15.5. The van der Waals surface area contributed by atoms with Crippen LogP contribution in [0.4, 0.5) is 0 Å². The van der Waals surface area contributed by atoms with E-state index in [1.54, 1.807) is 0 Å². The van der Waals surface area contributed by atoms with Gasteiger partial charge in [-0.25, -0.2) is 4.98 Å². The van der Waals surface area contributed by atoms with E-state index in [4.69, 9.17) is 14.8 Å². The van der Waals surface area contributed by atoms with Crippen LogP contribution in [0.25, 0.3) is 33.3 Å². The van der Waals surface area contributed by atoms with Crippen LogP contribution in [-0.4, -0.2) is 19.3 Å². The molecule has 0 aliphatic heterocycles. The maximum atomic E-state index is 6.55. The first-order valence-corrected chi connectivity index (χ1v) is 17.8. The van der Waals surface area contributed by atoms with E-state index in [1.165, 1.54) is 34.5 Å². The second kappa shape index (κ2) is 14.0. The van der Waals surface area contributed by atoms with Gasteiger partial charge < -0.3 is 9.30 Å². The molecule has 7 rings (SSSR count). The maximum Gasteiger partial charge on any atom is 2.00 e. The number of hydrogen-bond acceptors (Lipinski definition) is 3. The molecule has 0 fully saturated rings. The van der Waals surface area contributed by atoms with Gasteiger partial charge in [0.05, 0.1) is 5.69 Å². The Bertz CT molecular complexity index is 2200. The van der Waals surface area contributed by atoms with Crippen molar-refractivity contribution in [2.24, 2.45) is 5.92 Å². The molecule has 2 atom stereocenters. The maximum absolute atomic E-state index is 6.55. The molecule has 260 valence electrons. The summed E-state index contributed by atoms with van der Waals surface area (Å²) >= 11 is 0. The summed E-state index contributed by atoms with van der Waals surface area (Å²) in [6.45, 7) is 20.5. The Morgan fingerprint density at radius 3 is 2.36 bits per heavy atom. The number of ether oxygens (including phenoxy) is 1. The van der Waals surface area contributed by atoms with Gasteiger partial charge in [-0.2, -0.15) is 17.2 Å². The number of hydrogen-bond donors (Lipinski definition) is 0. The number of benzene rings is 3. The van der Waals surface area contributed by atoms with Crippen LogP contribution in [0.2, 0.25) is 0 Å². The van der Waals surface area contributed by atoms with Crippen LogP contribution in [0, 0.1) is 18.1 Å². The smallest absolute Gasteiger partial charge is 0.509 e. The molecule has 5 nitrogen and oxygen atoms in total. The molecular weight excluding hydrogens is 796 g/mol. The van der Waals surface area contributed by atoms with Crippen LogP contribution in [0.5, 0.6) is 11.5 Å². The minimum absolute atomic E-state index is 0. The van der Waals surface area contributed by atoms with E-state index in [2.05, 4.69) is 138 Å². The standard InChI is InChI=1S/C44H48N4O.Pt/c1-27(2)42-41(40-29(5)14-12-15-30(40)6)43(28(3)4)48(46-42)32-16-13-17-33(25-32)49-34-20-21-36-35-18-10-11-19-37(35)47(38(36)26-34)39-24-31(22-23-45-39)44(7,8)9;/h10-11,13-14,16-24,27-28,30,40H,12,15H2,1-9H3;/q-2;+2/t30-,40?;/m0./s1. The number of para-hydroxylation sites is 1.